The molecule has 4 fully saturated rings. The summed E-state index contributed by atoms with van der Waals surface area (Å²) in [5, 5.41) is 2.94. The molecule has 13 nitrogen and oxygen atoms in total. The van der Waals surface area contributed by atoms with Crippen molar-refractivity contribution in [2.75, 3.05) is 26.7 Å². The Balaban J connectivity index is 1.21. The monoisotopic (exact) mass is 799 g/mol. The highest BCUT2D eigenvalue weighted by Crippen LogP contribution is 2.46. The van der Waals surface area contributed by atoms with Crippen molar-refractivity contribution in [3.05, 3.63) is 67.3 Å². The molecule has 0 spiro atoms. The molecule has 0 bridgehead atoms. The number of sulfonamides is 1. The summed E-state index contributed by atoms with van der Waals surface area (Å²) < 4.78 is 40.1. The maximum absolute atomic E-state index is 14.9. The third-order valence-corrected chi connectivity index (χ3v) is 13.7. The fourth-order valence-corrected chi connectivity index (χ4v) is 9.51. The average molecular weight is 800 g/mol. The number of aromatic nitrogens is 1. The van der Waals surface area contributed by atoms with E-state index in [9.17, 15) is 27.6 Å². The second-order valence-corrected chi connectivity index (χ2v) is 18.9. The number of nitrogens with zero attached hydrogens (tertiary/aromatic N) is 3. The van der Waals surface area contributed by atoms with E-state index in [4.69, 9.17) is 14.5 Å². The van der Waals surface area contributed by atoms with E-state index >= 15 is 0 Å². The molecule has 4 unspecified atom stereocenters. The van der Waals surface area contributed by atoms with E-state index in [1.54, 1.807) is 7.11 Å². The zero-order valence-corrected chi connectivity index (χ0v) is 34.0. The number of amides is 4. The summed E-state index contributed by atoms with van der Waals surface area (Å²) in [4.78, 5) is 64.9. The Morgan fingerprint density at radius 2 is 1.75 bits per heavy atom. The highest BCUT2D eigenvalue weighted by molar-refractivity contribution is 7.91. The number of carbonyl (C=O) groups is 4. The van der Waals surface area contributed by atoms with Crippen LogP contribution in [0.5, 0.6) is 11.5 Å². The lowest BCUT2D eigenvalue weighted by atomic mass is 9.77. The van der Waals surface area contributed by atoms with Crippen LogP contribution < -0.4 is 19.5 Å². The Kier molecular flexibility index (Phi) is 11.1. The number of benzene rings is 2. The number of hydrogen-bond acceptors (Lipinski definition) is 9. The normalized spacial score (nSPS) is 24.0. The molecule has 1 aromatic heterocycles. The summed E-state index contributed by atoms with van der Waals surface area (Å²) in [5.41, 5.74) is -0.0157. The minimum atomic E-state index is -3.90. The van der Waals surface area contributed by atoms with Gasteiger partial charge in [0, 0.05) is 54.9 Å². The van der Waals surface area contributed by atoms with Gasteiger partial charge in [-0.25, -0.2) is 13.4 Å². The third kappa shape index (κ3) is 8.51. The zero-order chi connectivity index (χ0) is 40.7. The van der Waals surface area contributed by atoms with Gasteiger partial charge < -0.3 is 24.6 Å². The summed E-state index contributed by atoms with van der Waals surface area (Å²) in [6, 6.07) is 15.9. The van der Waals surface area contributed by atoms with E-state index in [0.29, 0.717) is 54.0 Å². The van der Waals surface area contributed by atoms with Gasteiger partial charge in [-0.1, -0.05) is 57.2 Å². The summed E-state index contributed by atoms with van der Waals surface area (Å²) in [6.07, 6.45) is 4.91. The largest absolute Gasteiger partial charge is 0.497 e. The van der Waals surface area contributed by atoms with Crippen LogP contribution in [0.1, 0.15) is 72.1 Å². The molecule has 2 aliphatic carbocycles. The number of carbonyl (C=O) groups excluding carboxylic acids is 4. The average Bonchev–Trinajstić information content (AvgIpc) is 4.13. The fraction of sp³-hybridized carbons (Fsp3) is 0.512. The van der Waals surface area contributed by atoms with Crippen LogP contribution in [0.15, 0.2) is 67.3 Å². The molecule has 4 aliphatic rings. The van der Waals surface area contributed by atoms with Gasteiger partial charge in [0.15, 0.2) is 0 Å². The molecule has 2 N–H and O–H groups in total. The SMILES string of the molecule is C=CC1CC1(NC(=O)C1CC(Oc2cc(-c3ccccc3)nc3cc(OC)ccc23)CN1C(=O)[C@@H](CC(=O)N1CCCCC1)C(C)(C)C)C(=O)NS(=O)(=O)C1CC1. The lowest BCUT2D eigenvalue weighted by Crippen LogP contribution is -2.57. The van der Waals surface area contributed by atoms with Gasteiger partial charge in [0.05, 0.1) is 36.0 Å². The minimum absolute atomic E-state index is 0.0140. The molecule has 7 rings (SSSR count). The number of hydrogen-bond donors (Lipinski definition) is 2. The number of piperidine rings is 1. The highest BCUT2D eigenvalue weighted by atomic mass is 32.2. The van der Waals surface area contributed by atoms with Crippen molar-refractivity contribution >= 4 is 44.6 Å². The number of likely N-dealkylation sites (tertiary alicyclic amines) is 2. The predicted molar refractivity (Wildman–Crippen MR) is 216 cm³/mol. The highest BCUT2D eigenvalue weighted by Gasteiger charge is 2.62. The van der Waals surface area contributed by atoms with Crippen LogP contribution in [0.2, 0.25) is 0 Å². The lowest BCUT2D eigenvalue weighted by molar-refractivity contribution is -0.148. The third-order valence-electron chi connectivity index (χ3n) is 11.9. The molecule has 14 heteroatoms. The molecule has 304 valence electrons. The Labute approximate surface area is 334 Å². The van der Waals surface area contributed by atoms with Crippen LogP contribution >= 0.6 is 0 Å². The smallest absolute Gasteiger partial charge is 0.259 e. The van der Waals surface area contributed by atoms with Crippen molar-refractivity contribution in [3.63, 3.8) is 0 Å². The van der Waals surface area contributed by atoms with Gasteiger partial charge in [-0.2, -0.15) is 0 Å². The molecule has 57 heavy (non-hydrogen) atoms. The van der Waals surface area contributed by atoms with Crippen LogP contribution in [0.3, 0.4) is 0 Å². The Morgan fingerprint density at radius 1 is 1.04 bits per heavy atom. The van der Waals surface area contributed by atoms with Gasteiger partial charge in [0.2, 0.25) is 27.7 Å². The van der Waals surface area contributed by atoms with E-state index in [1.807, 2.05) is 80.3 Å². The van der Waals surface area contributed by atoms with Crippen molar-refractivity contribution < 1.29 is 37.1 Å². The van der Waals surface area contributed by atoms with Crippen molar-refractivity contribution in [3.8, 4) is 22.8 Å². The lowest BCUT2D eigenvalue weighted by Gasteiger charge is -2.36. The van der Waals surface area contributed by atoms with Crippen LogP contribution in [0.25, 0.3) is 22.2 Å². The van der Waals surface area contributed by atoms with Gasteiger partial charge in [-0.3, -0.25) is 23.9 Å². The van der Waals surface area contributed by atoms with E-state index in [0.717, 1.165) is 24.8 Å². The number of methoxy groups -OCH3 is 1. The van der Waals surface area contributed by atoms with Crippen molar-refractivity contribution in [1.82, 2.24) is 24.8 Å². The van der Waals surface area contributed by atoms with Crippen LogP contribution in [-0.2, 0) is 29.2 Å². The molecular weight excluding hydrogens is 747 g/mol. The quantitative estimate of drug-likeness (QED) is 0.227. The van der Waals surface area contributed by atoms with Crippen molar-refractivity contribution in [1.29, 1.82) is 0 Å². The molecule has 2 aromatic carbocycles. The predicted octanol–water partition coefficient (Wildman–Crippen LogP) is 4.99. The summed E-state index contributed by atoms with van der Waals surface area (Å²) in [7, 11) is -2.31. The molecule has 2 saturated carbocycles. The standard InChI is InChI=1S/C43H53N5O8S/c1-6-28-25-43(28,41(52)46-57(53,54)31-16-17-31)45-39(50)36-22-30(26-48(36)40(51)33(42(2,3)4)23-38(49)47-19-11-8-12-20-47)56-37-24-34(27-13-9-7-10-14-27)44-35-21-29(55-5)15-18-32(35)37/h6-7,9-10,13-15,18,21,24,28,30-31,33,36H,1,8,11-12,16-17,19-20,22-23,25-26H2,2-5H3,(H,45,50)(H,46,52)/t28?,30?,33-,36?,43?/m1/s1. The fourth-order valence-electron chi connectivity index (χ4n) is 8.14. The number of ether oxygens (including phenoxy) is 2. The van der Waals surface area contributed by atoms with E-state index in [2.05, 4.69) is 16.6 Å². The van der Waals surface area contributed by atoms with E-state index in [-0.39, 0.29) is 37.6 Å². The molecule has 0 radical (unpaired) electrons. The Morgan fingerprint density at radius 3 is 2.39 bits per heavy atom. The molecule has 2 saturated heterocycles. The van der Waals surface area contributed by atoms with Gasteiger partial charge >= 0.3 is 0 Å². The van der Waals surface area contributed by atoms with Gasteiger partial charge in [0.1, 0.15) is 29.2 Å². The zero-order valence-electron chi connectivity index (χ0n) is 33.2. The van der Waals surface area contributed by atoms with Gasteiger partial charge in [-0.15, -0.1) is 6.58 Å². The molecule has 3 heterocycles. The second-order valence-electron chi connectivity index (χ2n) is 17.0. The van der Waals surface area contributed by atoms with Crippen LogP contribution in [0, 0.1) is 17.3 Å². The Hall–Kier alpha value is -4.98. The Bertz CT molecular complexity index is 2160. The van der Waals surface area contributed by atoms with Crippen LogP contribution in [-0.4, -0.2) is 96.5 Å². The van der Waals surface area contributed by atoms with Crippen molar-refractivity contribution in [2.24, 2.45) is 17.3 Å². The molecule has 4 amide bonds. The minimum Gasteiger partial charge on any atom is -0.497 e. The first kappa shape index (κ1) is 40.2. The van der Waals surface area contributed by atoms with Crippen LogP contribution in [0.4, 0.5) is 0 Å². The van der Waals surface area contributed by atoms with Crippen molar-refractivity contribution in [2.45, 2.75) is 95.1 Å². The maximum atomic E-state index is 14.9. The second kappa shape index (κ2) is 15.8. The van der Waals surface area contributed by atoms with E-state index < -0.39 is 62.0 Å². The first-order valence-electron chi connectivity index (χ1n) is 19.9. The molecule has 5 atom stereocenters. The first-order chi connectivity index (χ1) is 27.1. The van der Waals surface area contributed by atoms with E-state index in [1.165, 1.54) is 11.0 Å². The molecule has 3 aromatic rings. The number of nitrogens with one attached hydrogen (secondary N) is 2. The first-order valence-corrected chi connectivity index (χ1v) is 21.5. The number of rotatable bonds is 13. The summed E-state index contributed by atoms with van der Waals surface area (Å²) >= 11 is 0. The summed E-state index contributed by atoms with van der Waals surface area (Å²) in [5.74, 6) is -2.03. The number of fused-ring (bicyclic) bond motifs is 1. The number of pyridine rings is 1. The van der Waals surface area contributed by atoms with Gasteiger partial charge in [0.25, 0.3) is 5.91 Å². The molecule has 2 aliphatic heterocycles. The summed E-state index contributed by atoms with van der Waals surface area (Å²) in [6.45, 7) is 10.9. The topological polar surface area (TPSA) is 164 Å². The maximum Gasteiger partial charge on any atom is 0.259 e. The molecular formula is C43H53N5O8S. The van der Waals surface area contributed by atoms with Gasteiger partial charge in [-0.05, 0) is 56.1 Å².